The van der Waals surface area contributed by atoms with Crippen LogP contribution in [-0.4, -0.2) is 35.1 Å². The summed E-state index contributed by atoms with van der Waals surface area (Å²) in [6, 6.07) is 1.28. The molecule has 0 unspecified atom stereocenters. The van der Waals surface area contributed by atoms with Crippen LogP contribution in [0.5, 0.6) is 0 Å². The van der Waals surface area contributed by atoms with Crippen molar-refractivity contribution in [3.63, 3.8) is 0 Å². The molecular weight excluding hydrogens is 271 g/mol. The van der Waals surface area contributed by atoms with Gasteiger partial charge in [0, 0.05) is 25.2 Å². The summed E-state index contributed by atoms with van der Waals surface area (Å²) >= 11 is 5.85. The third kappa shape index (κ3) is 1.63. The standard InChI is InChI=1S/C12H15ClN4.ClH/c13-7-3-15-12(16-4-7)17-10-1-2-11(17)9-6-14-5-8(9)10;/h3-4,8-11,14H,1-2,5-6H2;1H/t8-,9+,10-,11+;. The highest BCUT2D eigenvalue weighted by Gasteiger charge is 2.55. The van der Waals surface area contributed by atoms with E-state index in [2.05, 4.69) is 20.2 Å². The second kappa shape index (κ2) is 4.51. The van der Waals surface area contributed by atoms with Crippen molar-refractivity contribution >= 4 is 30.0 Å². The Morgan fingerprint density at radius 1 is 1.11 bits per heavy atom. The number of anilines is 1. The minimum Gasteiger partial charge on any atom is -0.334 e. The molecule has 0 saturated carbocycles. The summed E-state index contributed by atoms with van der Waals surface area (Å²) < 4.78 is 0. The molecule has 1 aromatic heterocycles. The Kier molecular flexibility index (Phi) is 3.12. The maximum absolute atomic E-state index is 5.85. The Balaban J connectivity index is 0.000001000. The van der Waals surface area contributed by atoms with Gasteiger partial charge in [-0.2, -0.15) is 0 Å². The zero-order chi connectivity index (χ0) is 11.4. The number of rotatable bonds is 1. The van der Waals surface area contributed by atoms with Gasteiger partial charge in [0.1, 0.15) is 0 Å². The lowest BCUT2D eigenvalue weighted by Gasteiger charge is -2.24. The minimum atomic E-state index is 0. The molecule has 6 heteroatoms. The largest absolute Gasteiger partial charge is 0.334 e. The van der Waals surface area contributed by atoms with E-state index in [0.29, 0.717) is 17.1 Å². The molecule has 3 saturated heterocycles. The van der Waals surface area contributed by atoms with Crippen LogP contribution in [0.25, 0.3) is 0 Å². The van der Waals surface area contributed by atoms with Crippen molar-refractivity contribution in [2.24, 2.45) is 11.8 Å². The van der Waals surface area contributed by atoms with Crippen molar-refractivity contribution in [3.8, 4) is 0 Å². The molecule has 2 bridgehead atoms. The molecule has 4 heterocycles. The van der Waals surface area contributed by atoms with E-state index in [1.807, 2.05) is 0 Å². The smallest absolute Gasteiger partial charge is 0.225 e. The summed E-state index contributed by atoms with van der Waals surface area (Å²) in [6.45, 7) is 2.33. The van der Waals surface area contributed by atoms with E-state index in [0.717, 1.165) is 30.9 Å². The number of fused-ring (bicyclic) bond motifs is 5. The van der Waals surface area contributed by atoms with E-state index in [1.165, 1.54) is 12.8 Å². The molecule has 4 atom stereocenters. The highest BCUT2D eigenvalue weighted by molar-refractivity contribution is 6.30. The average molecular weight is 287 g/mol. The molecule has 3 aliphatic heterocycles. The van der Waals surface area contributed by atoms with Crippen molar-refractivity contribution in [1.29, 1.82) is 0 Å². The van der Waals surface area contributed by atoms with Crippen LogP contribution in [0.4, 0.5) is 5.95 Å². The number of nitrogens with one attached hydrogen (secondary N) is 1. The zero-order valence-corrected chi connectivity index (χ0v) is 11.5. The first-order valence-corrected chi connectivity index (χ1v) is 6.69. The fraction of sp³-hybridized carbons (Fsp3) is 0.667. The third-order valence-electron chi connectivity index (χ3n) is 4.61. The summed E-state index contributed by atoms with van der Waals surface area (Å²) in [6.07, 6.45) is 5.99. The molecule has 98 valence electrons. The van der Waals surface area contributed by atoms with Gasteiger partial charge < -0.3 is 10.2 Å². The van der Waals surface area contributed by atoms with E-state index in [9.17, 15) is 0 Å². The molecule has 0 spiro atoms. The minimum absolute atomic E-state index is 0. The highest BCUT2D eigenvalue weighted by atomic mass is 35.5. The maximum atomic E-state index is 5.85. The fourth-order valence-electron chi connectivity index (χ4n) is 4.00. The Hall–Kier alpha value is -0.580. The number of nitrogens with zero attached hydrogens (tertiary/aromatic N) is 3. The van der Waals surface area contributed by atoms with Crippen molar-refractivity contribution < 1.29 is 0 Å². The van der Waals surface area contributed by atoms with Gasteiger partial charge in [0.15, 0.2) is 0 Å². The second-order valence-corrected chi connectivity index (χ2v) is 5.74. The van der Waals surface area contributed by atoms with Crippen molar-refractivity contribution in [1.82, 2.24) is 15.3 Å². The molecule has 18 heavy (non-hydrogen) atoms. The molecule has 1 aromatic rings. The van der Waals surface area contributed by atoms with Gasteiger partial charge in [-0.05, 0) is 24.7 Å². The highest BCUT2D eigenvalue weighted by Crippen LogP contribution is 2.48. The van der Waals surface area contributed by atoms with E-state index in [1.54, 1.807) is 12.4 Å². The molecule has 4 rings (SSSR count). The molecule has 0 aliphatic carbocycles. The first-order valence-electron chi connectivity index (χ1n) is 6.31. The molecule has 4 nitrogen and oxygen atoms in total. The monoisotopic (exact) mass is 286 g/mol. The topological polar surface area (TPSA) is 41.1 Å². The van der Waals surface area contributed by atoms with Crippen molar-refractivity contribution in [3.05, 3.63) is 17.4 Å². The third-order valence-corrected chi connectivity index (χ3v) is 4.80. The average Bonchev–Trinajstić information content (AvgIpc) is 3.01. The first kappa shape index (κ1) is 12.5. The SMILES string of the molecule is Cl.Clc1cnc(N2[C@@H]3CC[C@H]2[C@H]2CNC[C@H]23)nc1. The van der Waals surface area contributed by atoms with Gasteiger partial charge in [-0.15, -0.1) is 12.4 Å². The second-order valence-electron chi connectivity index (χ2n) is 5.31. The van der Waals surface area contributed by atoms with Crippen LogP contribution in [0, 0.1) is 11.8 Å². The summed E-state index contributed by atoms with van der Waals surface area (Å²) in [7, 11) is 0. The molecule has 0 amide bonds. The maximum Gasteiger partial charge on any atom is 0.225 e. The lowest BCUT2D eigenvalue weighted by atomic mass is 9.82. The predicted molar refractivity (Wildman–Crippen MR) is 73.4 cm³/mol. The van der Waals surface area contributed by atoms with Crippen LogP contribution in [0.1, 0.15) is 12.8 Å². The van der Waals surface area contributed by atoms with Crippen LogP contribution in [0.15, 0.2) is 12.4 Å². The number of hydrogen-bond acceptors (Lipinski definition) is 4. The van der Waals surface area contributed by atoms with Crippen molar-refractivity contribution in [2.45, 2.75) is 24.9 Å². The Morgan fingerprint density at radius 3 is 2.22 bits per heavy atom. The van der Waals surface area contributed by atoms with Crippen LogP contribution in [0.3, 0.4) is 0 Å². The molecule has 3 aliphatic rings. The van der Waals surface area contributed by atoms with E-state index in [4.69, 9.17) is 11.6 Å². The van der Waals surface area contributed by atoms with Gasteiger partial charge in [-0.1, -0.05) is 11.6 Å². The van der Waals surface area contributed by atoms with E-state index < -0.39 is 0 Å². The van der Waals surface area contributed by atoms with E-state index in [-0.39, 0.29) is 12.4 Å². The van der Waals surface area contributed by atoms with Gasteiger partial charge in [-0.3, -0.25) is 0 Å². The van der Waals surface area contributed by atoms with Crippen LogP contribution in [0.2, 0.25) is 5.02 Å². The number of aromatic nitrogens is 2. The number of hydrogen-bond donors (Lipinski definition) is 1. The van der Waals surface area contributed by atoms with Gasteiger partial charge >= 0.3 is 0 Å². The quantitative estimate of drug-likeness (QED) is 0.854. The fourth-order valence-corrected chi connectivity index (χ4v) is 4.10. The Labute approximate surface area is 118 Å². The van der Waals surface area contributed by atoms with Crippen molar-refractivity contribution in [2.75, 3.05) is 18.0 Å². The molecule has 0 aromatic carbocycles. The van der Waals surface area contributed by atoms with Gasteiger partial charge in [0.2, 0.25) is 5.95 Å². The summed E-state index contributed by atoms with van der Waals surface area (Å²) in [5.74, 6) is 2.47. The number of halogens is 2. The Morgan fingerprint density at radius 2 is 1.67 bits per heavy atom. The van der Waals surface area contributed by atoms with Gasteiger partial charge in [-0.25, -0.2) is 9.97 Å². The molecule has 0 radical (unpaired) electrons. The zero-order valence-electron chi connectivity index (χ0n) is 9.92. The van der Waals surface area contributed by atoms with Crippen LogP contribution >= 0.6 is 24.0 Å². The van der Waals surface area contributed by atoms with Gasteiger partial charge in [0.05, 0.1) is 17.4 Å². The summed E-state index contributed by atoms with van der Waals surface area (Å²) in [5.41, 5.74) is 0. The lowest BCUT2D eigenvalue weighted by Crippen LogP contribution is -2.35. The van der Waals surface area contributed by atoms with Crippen LogP contribution in [-0.2, 0) is 0 Å². The normalized spacial score (nSPS) is 36.6. The lowest BCUT2D eigenvalue weighted by molar-refractivity contribution is 0.354. The van der Waals surface area contributed by atoms with Crippen LogP contribution < -0.4 is 10.2 Å². The predicted octanol–water partition coefficient (Wildman–Crippen LogP) is 1.74. The van der Waals surface area contributed by atoms with E-state index >= 15 is 0 Å². The Bertz CT molecular complexity index is 420. The molecule has 1 N–H and O–H groups in total. The molecule has 3 fully saturated rings. The summed E-state index contributed by atoms with van der Waals surface area (Å²) in [4.78, 5) is 11.2. The van der Waals surface area contributed by atoms with Gasteiger partial charge in [0.25, 0.3) is 0 Å². The first-order chi connectivity index (χ1) is 8.34. The summed E-state index contributed by atoms with van der Waals surface area (Å²) in [5, 5.41) is 4.13. The molecular formula is C12H16Cl2N4.